The van der Waals surface area contributed by atoms with Crippen LogP contribution in [0.15, 0.2) is 29.2 Å². The number of likely N-dealkylation sites (tertiary alicyclic amines) is 1. The second-order valence-corrected chi connectivity index (χ2v) is 8.60. The molecule has 0 radical (unpaired) electrons. The summed E-state index contributed by atoms with van der Waals surface area (Å²) in [5, 5.41) is 0. The van der Waals surface area contributed by atoms with E-state index in [0.717, 1.165) is 51.1 Å². The van der Waals surface area contributed by atoms with Crippen molar-refractivity contribution < 1.29 is 13.2 Å². The van der Waals surface area contributed by atoms with Gasteiger partial charge in [0.25, 0.3) is 0 Å². The van der Waals surface area contributed by atoms with E-state index < -0.39 is 9.84 Å². The Hall–Kier alpha value is -1.56. The van der Waals surface area contributed by atoms with Gasteiger partial charge >= 0.3 is 0 Å². The van der Waals surface area contributed by atoms with Crippen molar-refractivity contribution in [3.63, 3.8) is 0 Å². The van der Waals surface area contributed by atoms with Crippen LogP contribution in [0.3, 0.4) is 0 Å². The first-order valence-electron chi connectivity index (χ1n) is 8.29. The molecule has 2 heterocycles. The molecule has 5 nitrogen and oxygen atoms in total. The van der Waals surface area contributed by atoms with E-state index >= 15 is 0 Å². The van der Waals surface area contributed by atoms with Crippen LogP contribution >= 0.6 is 0 Å². The van der Waals surface area contributed by atoms with Crippen LogP contribution in [0.2, 0.25) is 0 Å². The van der Waals surface area contributed by atoms with Gasteiger partial charge in [-0.1, -0.05) is 0 Å². The van der Waals surface area contributed by atoms with Gasteiger partial charge in [-0.05, 0) is 49.9 Å². The van der Waals surface area contributed by atoms with Crippen molar-refractivity contribution in [3.8, 4) is 0 Å². The Balaban J connectivity index is 1.64. The largest absolute Gasteiger partial charge is 0.371 e. The summed E-state index contributed by atoms with van der Waals surface area (Å²) in [6.07, 6.45) is 5.56. The van der Waals surface area contributed by atoms with E-state index in [4.69, 9.17) is 0 Å². The molecule has 0 spiro atoms. The van der Waals surface area contributed by atoms with E-state index in [-0.39, 0.29) is 5.92 Å². The molecule has 0 aromatic heterocycles. The number of rotatable bonds is 3. The van der Waals surface area contributed by atoms with Gasteiger partial charge in [-0.25, -0.2) is 8.42 Å². The van der Waals surface area contributed by atoms with Crippen molar-refractivity contribution in [1.29, 1.82) is 0 Å². The molecule has 2 aliphatic rings. The zero-order chi connectivity index (χ0) is 16.4. The van der Waals surface area contributed by atoms with Gasteiger partial charge in [0.05, 0.1) is 10.8 Å². The fourth-order valence-corrected chi connectivity index (χ4v) is 4.10. The molecule has 0 aliphatic carbocycles. The predicted octanol–water partition coefficient (Wildman–Crippen LogP) is 1.93. The SMILES string of the molecule is CS(=O)(=O)c1ccc(N2CCC(C(=O)N3CCCCC3)C2)cc1. The predicted molar refractivity (Wildman–Crippen MR) is 90.3 cm³/mol. The number of carbonyl (C=O) groups excluding carboxylic acids is 1. The molecule has 0 saturated carbocycles. The highest BCUT2D eigenvalue weighted by Crippen LogP contribution is 2.27. The van der Waals surface area contributed by atoms with E-state index in [0.29, 0.717) is 10.8 Å². The lowest BCUT2D eigenvalue weighted by Gasteiger charge is -2.29. The van der Waals surface area contributed by atoms with Crippen molar-refractivity contribution in [3.05, 3.63) is 24.3 Å². The van der Waals surface area contributed by atoms with Gasteiger partial charge in [0.15, 0.2) is 9.84 Å². The van der Waals surface area contributed by atoms with E-state index in [9.17, 15) is 13.2 Å². The minimum atomic E-state index is -3.16. The molecule has 0 N–H and O–H groups in total. The smallest absolute Gasteiger partial charge is 0.227 e. The third-order valence-electron chi connectivity index (χ3n) is 4.84. The van der Waals surface area contributed by atoms with Crippen LogP contribution in [0.1, 0.15) is 25.7 Å². The number of hydrogen-bond acceptors (Lipinski definition) is 4. The number of hydrogen-bond donors (Lipinski definition) is 0. The molecule has 2 fully saturated rings. The molecule has 3 rings (SSSR count). The van der Waals surface area contributed by atoms with Crippen molar-refractivity contribution in [2.75, 3.05) is 37.3 Å². The highest BCUT2D eigenvalue weighted by Gasteiger charge is 2.32. The van der Waals surface area contributed by atoms with Gasteiger partial charge in [-0.2, -0.15) is 0 Å². The highest BCUT2D eigenvalue weighted by molar-refractivity contribution is 7.90. The molecule has 1 aromatic rings. The lowest BCUT2D eigenvalue weighted by molar-refractivity contribution is -0.135. The Kier molecular flexibility index (Phi) is 4.62. The topological polar surface area (TPSA) is 57.7 Å². The van der Waals surface area contributed by atoms with Gasteiger partial charge in [0.1, 0.15) is 0 Å². The summed E-state index contributed by atoms with van der Waals surface area (Å²) >= 11 is 0. The number of carbonyl (C=O) groups is 1. The number of benzene rings is 1. The maximum absolute atomic E-state index is 12.6. The van der Waals surface area contributed by atoms with Crippen molar-refractivity contribution in [1.82, 2.24) is 4.90 Å². The highest BCUT2D eigenvalue weighted by atomic mass is 32.2. The van der Waals surface area contributed by atoms with Crippen LogP contribution in [0.25, 0.3) is 0 Å². The van der Waals surface area contributed by atoms with Crippen molar-refractivity contribution in [2.24, 2.45) is 5.92 Å². The molecule has 2 saturated heterocycles. The molecule has 23 heavy (non-hydrogen) atoms. The normalized spacial score (nSPS) is 22.4. The first-order valence-corrected chi connectivity index (χ1v) is 10.2. The fraction of sp³-hybridized carbons (Fsp3) is 0.588. The zero-order valence-corrected chi connectivity index (χ0v) is 14.4. The number of piperidine rings is 1. The molecule has 6 heteroatoms. The van der Waals surface area contributed by atoms with Gasteiger partial charge in [-0.15, -0.1) is 0 Å². The standard InChI is InChI=1S/C17H24N2O3S/c1-23(21,22)16-7-5-15(6-8-16)19-12-9-14(13-19)17(20)18-10-3-2-4-11-18/h5-8,14H,2-4,9-13H2,1H3. The molecular formula is C17H24N2O3S. The van der Waals surface area contributed by atoms with Gasteiger partial charge in [0.2, 0.25) is 5.91 Å². The van der Waals surface area contributed by atoms with Gasteiger partial charge in [0, 0.05) is 38.1 Å². The maximum Gasteiger partial charge on any atom is 0.227 e. The van der Waals surface area contributed by atoms with E-state index in [2.05, 4.69) is 4.90 Å². The summed E-state index contributed by atoms with van der Waals surface area (Å²) in [5.74, 6) is 0.364. The van der Waals surface area contributed by atoms with E-state index in [1.807, 2.05) is 17.0 Å². The Morgan fingerprint density at radius 3 is 2.30 bits per heavy atom. The molecule has 1 aromatic carbocycles. The minimum absolute atomic E-state index is 0.0719. The van der Waals surface area contributed by atoms with E-state index in [1.165, 1.54) is 12.7 Å². The summed E-state index contributed by atoms with van der Waals surface area (Å²) in [5.41, 5.74) is 0.992. The summed E-state index contributed by atoms with van der Waals surface area (Å²) in [6.45, 7) is 3.38. The van der Waals surface area contributed by atoms with Gasteiger partial charge in [-0.3, -0.25) is 4.79 Å². The number of nitrogens with zero attached hydrogens (tertiary/aromatic N) is 2. The molecule has 1 unspecified atom stereocenters. The number of sulfone groups is 1. The first kappa shape index (κ1) is 16.3. The van der Waals surface area contributed by atoms with Crippen LogP contribution in [0.4, 0.5) is 5.69 Å². The average Bonchev–Trinajstić information content (AvgIpc) is 3.04. The lowest BCUT2D eigenvalue weighted by Crippen LogP contribution is -2.40. The van der Waals surface area contributed by atoms with Crippen LogP contribution in [0, 0.1) is 5.92 Å². The van der Waals surface area contributed by atoms with Crippen LogP contribution in [-0.4, -0.2) is 51.7 Å². The van der Waals surface area contributed by atoms with Crippen molar-refractivity contribution in [2.45, 2.75) is 30.6 Å². The molecule has 1 amide bonds. The average molecular weight is 336 g/mol. The molecular weight excluding hydrogens is 312 g/mol. The van der Waals surface area contributed by atoms with Crippen LogP contribution < -0.4 is 4.90 Å². The fourth-order valence-electron chi connectivity index (χ4n) is 3.47. The lowest BCUT2D eigenvalue weighted by atomic mass is 10.0. The third kappa shape index (κ3) is 3.68. The van der Waals surface area contributed by atoms with Crippen LogP contribution in [0.5, 0.6) is 0 Å². The minimum Gasteiger partial charge on any atom is -0.371 e. The molecule has 2 aliphatic heterocycles. The summed E-state index contributed by atoms with van der Waals surface area (Å²) in [4.78, 5) is 17.1. The summed E-state index contributed by atoms with van der Waals surface area (Å²) < 4.78 is 23.0. The van der Waals surface area contributed by atoms with Crippen LogP contribution in [-0.2, 0) is 14.6 Å². The number of anilines is 1. The van der Waals surface area contributed by atoms with Crippen molar-refractivity contribution >= 4 is 21.4 Å². The summed E-state index contributed by atoms with van der Waals surface area (Å²) in [7, 11) is -3.16. The van der Waals surface area contributed by atoms with E-state index in [1.54, 1.807) is 12.1 Å². The Bertz CT molecular complexity index is 664. The Morgan fingerprint density at radius 2 is 1.70 bits per heavy atom. The molecule has 0 bridgehead atoms. The molecule has 1 atom stereocenters. The summed E-state index contributed by atoms with van der Waals surface area (Å²) in [6, 6.07) is 6.96. The Labute approximate surface area is 138 Å². The molecule has 126 valence electrons. The quantitative estimate of drug-likeness (QED) is 0.846. The Morgan fingerprint density at radius 1 is 1.04 bits per heavy atom. The number of amides is 1. The monoisotopic (exact) mass is 336 g/mol. The zero-order valence-electron chi connectivity index (χ0n) is 13.6. The first-order chi connectivity index (χ1) is 10.9. The second kappa shape index (κ2) is 6.51. The maximum atomic E-state index is 12.6. The second-order valence-electron chi connectivity index (χ2n) is 6.58. The van der Waals surface area contributed by atoms with Gasteiger partial charge < -0.3 is 9.80 Å². The third-order valence-corrected chi connectivity index (χ3v) is 5.96.